The van der Waals surface area contributed by atoms with Crippen molar-refractivity contribution in [2.24, 2.45) is 11.8 Å². The maximum absolute atomic E-state index is 2.43. The molecule has 3 atom stereocenters. The summed E-state index contributed by atoms with van der Waals surface area (Å²) in [5, 5.41) is 0. The molecule has 0 amide bonds. The van der Waals surface area contributed by atoms with Crippen LogP contribution in [0.25, 0.3) is 0 Å². The van der Waals surface area contributed by atoms with Crippen LogP contribution in [0.4, 0.5) is 0 Å². The summed E-state index contributed by atoms with van der Waals surface area (Å²) in [7, 11) is 0. The van der Waals surface area contributed by atoms with Crippen LogP contribution in [0, 0.1) is 11.8 Å². The van der Waals surface area contributed by atoms with Gasteiger partial charge in [-0.1, -0.05) is 49.4 Å². The minimum atomic E-state index is 0.417. The van der Waals surface area contributed by atoms with Gasteiger partial charge in [-0.2, -0.15) is 0 Å². The average molecular weight is 184 g/mol. The van der Waals surface area contributed by atoms with E-state index >= 15 is 0 Å². The third-order valence-corrected chi connectivity index (χ3v) is 4.11. The van der Waals surface area contributed by atoms with Gasteiger partial charge < -0.3 is 0 Å². The number of hydrogen-bond donors (Lipinski definition) is 0. The molecule has 0 radical (unpaired) electrons. The van der Waals surface area contributed by atoms with Crippen molar-refractivity contribution in [3.05, 3.63) is 48.0 Å². The SMILES string of the molecule is CC1(c2ccccc2)CC2C=C[C@H]1C2. The molecule has 2 unspecified atom stereocenters. The van der Waals surface area contributed by atoms with E-state index in [1.165, 1.54) is 18.4 Å². The molecule has 2 aliphatic rings. The Morgan fingerprint density at radius 2 is 1.93 bits per heavy atom. The van der Waals surface area contributed by atoms with Crippen molar-refractivity contribution < 1.29 is 0 Å². The molecule has 14 heavy (non-hydrogen) atoms. The standard InChI is InChI=1S/C14H16/c1-14(12-5-3-2-4-6-12)10-11-7-8-13(14)9-11/h2-8,11,13H,9-10H2,1H3/t11?,13-,14?/m0/s1. The molecule has 1 aromatic carbocycles. The summed E-state index contributed by atoms with van der Waals surface area (Å²) in [6, 6.07) is 11.0. The summed E-state index contributed by atoms with van der Waals surface area (Å²) in [5.41, 5.74) is 1.94. The molecule has 2 bridgehead atoms. The molecular formula is C14H16. The van der Waals surface area contributed by atoms with Gasteiger partial charge in [0.2, 0.25) is 0 Å². The highest BCUT2D eigenvalue weighted by molar-refractivity contribution is 5.32. The van der Waals surface area contributed by atoms with Crippen molar-refractivity contribution in [1.82, 2.24) is 0 Å². The molecular weight excluding hydrogens is 168 g/mol. The normalized spacial score (nSPS) is 39.2. The highest BCUT2D eigenvalue weighted by Gasteiger charge is 2.45. The predicted octanol–water partition coefficient (Wildman–Crippen LogP) is 3.54. The van der Waals surface area contributed by atoms with Crippen molar-refractivity contribution in [2.45, 2.75) is 25.2 Å². The lowest BCUT2D eigenvalue weighted by molar-refractivity contribution is 0.396. The summed E-state index contributed by atoms with van der Waals surface area (Å²) in [4.78, 5) is 0. The average Bonchev–Trinajstić information content (AvgIpc) is 2.79. The molecule has 72 valence electrons. The smallest absolute Gasteiger partial charge is 0.000676 e. The Kier molecular flexibility index (Phi) is 1.61. The van der Waals surface area contributed by atoms with Crippen LogP contribution < -0.4 is 0 Å². The number of rotatable bonds is 1. The van der Waals surface area contributed by atoms with Gasteiger partial charge in [0.05, 0.1) is 0 Å². The first-order valence-corrected chi connectivity index (χ1v) is 5.53. The number of allylic oxidation sites excluding steroid dienone is 2. The van der Waals surface area contributed by atoms with Gasteiger partial charge in [0.1, 0.15) is 0 Å². The Bertz CT molecular complexity index is 363. The van der Waals surface area contributed by atoms with Crippen LogP contribution in [0.2, 0.25) is 0 Å². The van der Waals surface area contributed by atoms with Crippen LogP contribution >= 0.6 is 0 Å². The van der Waals surface area contributed by atoms with Crippen LogP contribution in [0.3, 0.4) is 0 Å². The molecule has 0 saturated heterocycles. The highest BCUT2D eigenvalue weighted by Crippen LogP contribution is 2.52. The zero-order chi connectivity index (χ0) is 9.60. The van der Waals surface area contributed by atoms with E-state index in [1.807, 2.05) is 0 Å². The lowest BCUT2D eigenvalue weighted by Gasteiger charge is -2.32. The van der Waals surface area contributed by atoms with Gasteiger partial charge in [-0.15, -0.1) is 0 Å². The zero-order valence-corrected chi connectivity index (χ0v) is 8.61. The molecule has 0 heteroatoms. The molecule has 1 fully saturated rings. The second-order valence-corrected chi connectivity index (χ2v) is 4.97. The third kappa shape index (κ3) is 1.00. The summed E-state index contributed by atoms with van der Waals surface area (Å²) in [6.45, 7) is 2.43. The van der Waals surface area contributed by atoms with Crippen LogP contribution in [0.1, 0.15) is 25.3 Å². The maximum Gasteiger partial charge on any atom is -0.000676 e. The molecule has 0 N–H and O–H groups in total. The Morgan fingerprint density at radius 3 is 2.50 bits per heavy atom. The summed E-state index contributed by atoms with van der Waals surface area (Å²) in [6.07, 6.45) is 7.57. The highest BCUT2D eigenvalue weighted by atomic mass is 14.5. The molecule has 0 aromatic heterocycles. The summed E-state index contributed by atoms with van der Waals surface area (Å²) < 4.78 is 0. The Labute approximate surface area is 85.6 Å². The third-order valence-electron chi connectivity index (χ3n) is 4.11. The molecule has 0 nitrogen and oxygen atoms in total. The summed E-state index contributed by atoms with van der Waals surface area (Å²) >= 11 is 0. The first-order chi connectivity index (χ1) is 6.79. The van der Waals surface area contributed by atoms with Crippen LogP contribution in [-0.2, 0) is 5.41 Å². The van der Waals surface area contributed by atoms with Gasteiger partial charge in [-0.05, 0) is 35.7 Å². The number of hydrogen-bond acceptors (Lipinski definition) is 0. The maximum atomic E-state index is 2.43. The van der Waals surface area contributed by atoms with Gasteiger partial charge in [0.25, 0.3) is 0 Å². The fraction of sp³-hybridized carbons (Fsp3) is 0.429. The van der Waals surface area contributed by atoms with Crippen molar-refractivity contribution in [3.8, 4) is 0 Å². The van der Waals surface area contributed by atoms with E-state index in [0.29, 0.717) is 5.41 Å². The van der Waals surface area contributed by atoms with Crippen LogP contribution in [-0.4, -0.2) is 0 Å². The minimum absolute atomic E-state index is 0.417. The lowest BCUT2D eigenvalue weighted by atomic mass is 9.72. The molecule has 0 spiro atoms. The van der Waals surface area contributed by atoms with E-state index < -0.39 is 0 Å². The van der Waals surface area contributed by atoms with Gasteiger partial charge in [-0.3, -0.25) is 0 Å². The summed E-state index contributed by atoms with van der Waals surface area (Å²) in [5.74, 6) is 1.64. The quantitative estimate of drug-likeness (QED) is 0.586. The van der Waals surface area contributed by atoms with E-state index in [9.17, 15) is 0 Å². The van der Waals surface area contributed by atoms with Gasteiger partial charge >= 0.3 is 0 Å². The van der Waals surface area contributed by atoms with E-state index in [-0.39, 0.29) is 0 Å². The van der Waals surface area contributed by atoms with E-state index in [0.717, 1.165) is 11.8 Å². The van der Waals surface area contributed by atoms with E-state index in [1.54, 1.807) is 0 Å². The van der Waals surface area contributed by atoms with Crippen molar-refractivity contribution in [2.75, 3.05) is 0 Å². The monoisotopic (exact) mass is 184 g/mol. The molecule has 0 heterocycles. The van der Waals surface area contributed by atoms with E-state index in [2.05, 4.69) is 49.4 Å². The first kappa shape index (κ1) is 8.28. The van der Waals surface area contributed by atoms with Crippen LogP contribution in [0.5, 0.6) is 0 Å². The molecule has 0 aliphatic heterocycles. The van der Waals surface area contributed by atoms with Gasteiger partial charge in [0, 0.05) is 0 Å². The van der Waals surface area contributed by atoms with Crippen LogP contribution in [0.15, 0.2) is 42.5 Å². The molecule has 1 aromatic rings. The van der Waals surface area contributed by atoms with Gasteiger partial charge in [-0.25, -0.2) is 0 Å². The zero-order valence-electron chi connectivity index (χ0n) is 8.61. The van der Waals surface area contributed by atoms with Gasteiger partial charge in [0.15, 0.2) is 0 Å². The number of benzene rings is 1. The largest absolute Gasteiger partial charge is 0.0851 e. The first-order valence-electron chi connectivity index (χ1n) is 5.53. The van der Waals surface area contributed by atoms with Crippen molar-refractivity contribution in [1.29, 1.82) is 0 Å². The second kappa shape index (κ2) is 2.73. The predicted molar refractivity (Wildman–Crippen MR) is 59.1 cm³/mol. The Balaban J connectivity index is 2.03. The minimum Gasteiger partial charge on any atom is -0.0851 e. The Hall–Kier alpha value is -1.04. The van der Waals surface area contributed by atoms with E-state index in [4.69, 9.17) is 0 Å². The second-order valence-electron chi connectivity index (χ2n) is 4.97. The lowest BCUT2D eigenvalue weighted by Crippen LogP contribution is -2.26. The van der Waals surface area contributed by atoms with Crippen molar-refractivity contribution in [3.63, 3.8) is 0 Å². The number of fused-ring (bicyclic) bond motifs is 2. The molecule has 2 aliphatic carbocycles. The topological polar surface area (TPSA) is 0 Å². The Morgan fingerprint density at radius 1 is 1.14 bits per heavy atom. The fourth-order valence-corrected chi connectivity index (χ4v) is 3.25. The molecule has 3 rings (SSSR count). The molecule has 1 saturated carbocycles. The van der Waals surface area contributed by atoms with Crippen molar-refractivity contribution >= 4 is 0 Å². The fourth-order valence-electron chi connectivity index (χ4n) is 3.25.